The van der Waals surface area contributed by atoms with Gasteiger partial charge in [0, 0.05) is 30.4 Å². The Morgan fingerprint density at radius 1 is 1.59 bits per heavy atom. The molecule has 3 N–H and O–H groups in total. The van der Waals surface area contributed by atoms with E-state index in [4.69, 9.17) is 5.73 Å². The number of nitrogens with two attached hydrogens (primary N) is 1. The SMILES string of the molecule is Nc1ccncc1CC(O)C1CCS(=O)(=O)C1. The van der Waals surface area contributed by atoms with Crippen molar-refractivity contribution in [3.63, 3.8) is 0 Å². The van der Waals surface area contributed by atoms with Crippen LogP contribution in [0.2, 0.25) is 0 Å². The maximum atomic E-state index is 11.3. The molecule has 17 heavy (non-hydrogen) atoms. The topological polar surface area (TPSA) is 93.3 Å². The molecule has 5 nitrogen and oxygen atoms in total. The predicted octanol–water partition coefficient (Wildman–Crippen LogP) is 0.00190. The Labute approximate surface area is 101 Å². The van der Waals surface area contributed by atoms with Gasteiger partial charge in [-0.2, -0.15) is 0 Å². The van der Waals surface area contributed by atoms with Crippen LogP contribution in [0.15, 0.2) is 18.5 Å². The molecule has 2 unspecified atom stereocenters. The number of hydrogen-bond acceptors (Lipinski definition) is 5. The Morgan fingerprint density at radius 2 is 2.35 bits per heavy atom. The number of sulfone groups is 1. The Kier molecular flexibility index (Phi) is 3.35. The minimum absolute atomic E-state index is 0.0777. The fourth-order valence-electron chi connectivity index (χ4n) is 2.13. The molecule has 94 valence electrons. The number of aliphatic hydroxyl groups excluding tert-OH is 1. The van der Waals surface area contributed by atoms with Crippen molar-refractivity contribution in [3.8, 4) is 0 Å². The minimum Gasteiger partial charge on any atom is -0.398 e. The van der Waals surface area contributed by atoms with Crippen LogP contribution in [0.4, 0.5) is 5.69 Å². The first-order valence-corrected chi connectivity index (χ1v) is 7.37. The molecule has 6 heteroatoms. The van der Waals surface area contributed by atoms with Crippen LogP contribution in [0.5, 0.6) is 0 Å². The molecule has 1 aromatic rings. The second-order valence-electron chi connectivity index (χ2n) is 4.51. The average molecular weight is 256 g/mol. The lowest BCUT2D eigenvalue weighted by Gasteiger charge is -2.17. The van der Waals surface area contributed by atoms with Gasteiger partial charge in [0.1, 0.15) is 0 Å². The van der Waals surface area contributed by atoms with Crippen molar-refractivity contribution in [2.45, 2.75) is 18.9 Å². The smallest absolute Gasteiger partial charge is 0.150 e. The van der Waals surface area contributed by atoms with Crippen LogP contribution in [-0.4, -0.2) is 36.1 Å². The van der Waals surface area contributed by atoms with E-state index in [0.717, 1.165) is 5.56 Å². The first-order valence-electron chi connectivity index (χ1n) is 5.55. The molecule has 1 aliphatic heterocycles. The summed E-state index contributed by atoms with van der Waals surface area (Å²) in [6.07, 6.45) is 3.43. The molecular weight excluding hydrogens is 240 g/mol. The summed E-state index contributed by atoms with van der Waals surface area (Å²) in [5.41, 5.74) is 7.10. The normalized spacial score (nSPS) is 24.6. The Bertz CT molecular complexity index is 501. The molecule has 0 aromatic carbocycles. The van der Waals surface area contributed by atoms with E-state index in [1.807, 2.05) is 0 Å². The second-order valence-corrected chi connectivity index (χ2v) is 6.74. The van der Waals surface area contributed by atoms with Gasteiger partial charge in [-0.3, -0.25) is 4.98 Å². The highest BCUT2D eigenvalue weighted by atomic mass is 32.2. The molecule has 1 aliphatic rings. The summed E-state index contributed by atoms with van der Waals surface area (Å²) >= 11 is 0. The van der Waals surface area contributed by atoms with Crippen LogP contribution in [-0.2, 0) is 16.3 Å². The summed E-state index contributed by atoms with van der Waals surface area (Å²) in [4.78, 5) is 3.94. The highest BCUT2D eigenvalue weighted by molar-refractivity contribution is 7.91. The van der Waals surface area contributed by atoms with Crippen molar-refractivity contribution in [1.82, 2.24) is 4.98 Å². The van der Waals surface area contributed by atoms with Gasteiger partial charge in [-0.1, -0.05) is 0 Å². The first kappa shape index (κ1) is 12.3. The number of rotatable bonds is 3. The minimum atomic E-state index is -2.95. The molecule has 2 heterocycles. The van der Waals surface area contributed by atoms with Gasteiger partial charge in [0.2, 0.25) is 0 Å². The third kappa shape index (κ3) is 2.95. The van der Waals surface area contributed by atoms with Crippen molar-refractivity contribution in [2.24, 2.45) is 5.92 Å². The summed E-state index contributed by atoms with van der Waals surface area (Å²) in [7, 11) is -2.95. The van der Waals surface area contributed by atoms with Crippen LogP contribution in [0.3, 0.4) is 0 Å². The van der Waals surface area contributed by atoms with E-state index in [2.05, 4.69) is 4.98 Å². The number of anilines is 1. The van der Waals surface area contributed by atoms with Gasteiger partial charge < -0.3 is 10.8 Å². The highest BCUT2D eigenvalue weighted by Crippen LogP contribution is 2.24. The molecule has 1 saturated heterocycles. The van der Waals surface area contributed by atoms with E-state index in [9.17, 15) is 13.5 Å². The standard InChI is InChI=1S/C11H16N2O3S/c12-10-1-3-13-6-9(10)5-11(14)8-2-4-17(15,16)7-8/h1,3,6,8,11,14H,2,4-5,7H2,(H2,12,13). The number of aliphatic hydroxyl groups is 1. The van der Waals surface area contributed by atoms with Crippen LogP contribution in [0.1, 0.15) is 12.0 Å². The maximum absolute atomic E-state index is 11.3. The van der Waals surface area contributed by atoms with Crippen molar-refractivity contribution in [1.29, 1.82) is 0 Å². The van der Waals surface area contributed by atoms with Crippen LogP contribution in [0, 0.1) is 5.92 Å². The monoisotopic (exact) mass is 256 g/mol. The molecular formula is C11H16N2O3S. The van der Waals surface area contributed by atoms with E-state index in [0.29, 0.717) is 18.5 Å². The molecule has 0 bridgehead atoms. The van der Waals surface area contributed by atoms with Crippen LogP contribution in [0.25, 0.3) is 0 Å². The summed E-state index contributed by atoms with van der Waals surface area (Å²) in [6.45, 7) is 0. The van der Waals surface area contributed by atoms with Gasteiger partial charge >= 0.3 is 0 Å². The highest BCUT2D eigenvalue weighted by Gasteiger charge is 2.32. The number of nitrogen functional groups attached to an aromatic ring is 1. The number of pyridine rings is 1. The Morgan fingerprint density at radius 3 is 2.94 bits per heavy atom. The van der Waals surface area contributed by atoms with Gasteiger partial charge in [0.25, 0.3) is 0 Å². The predicted molar refractivity (Wildman–Crippen MR) is 65.1 cm³/mol. The molecule has 0 saturated carbocycles. The van der Waals surface area contributed by atoms with E-state index >= 15 is 0 Å². The van der Waals surface area contributed by atoms with Gasteiger partial charge in [0.05, 0.1) is 17.6 Å². The van der Waals surface area contributed by atoms with E-state index in [1.54, 1.807) is 18.5 Å². The first-order chi connectivity index (χ1) is 7.98. The zero-order valence-corrected chi connectivity index (χ0v) is 10.2. The summed E-state index contributed by atoms with van der Waals surface area (Å²) in [5.74, 6) is 0.0746. The fourth-order valence-corrected chi connectivity index (χ4v) is 4.00. The molecule has 1 fully saturated rings. The van der Waals surface area contributed by atoms with E-state index in [1.165, 1.54) is 0 Å². The summed E-state index contributed by atoms with van der Waals surface area (Å²) in [6, 6.07) is 1.67. The third-order valence-electron chi connectivity index (χ3n) is 3.18. The second kappa shape index (κ2) is 4.62. The van der Waals surface area contributed by atoms with E-state index in [-0.39, 0.29) is 17.4 Å². The Balaban J connectivity index is 2.03. The summed E-state index contributed by atoms with van der Waals surface area (Å²) in [5, 5.41) is 10.0. The molecule has 1 aromatic heterocycles. The lowest BCUT2D eigenvalue weighted by atomic mass is 9.96. The van der Waals surface area contributed by atoms with Gasteiger partial charge in [-0.05, 0) is 18.1 Å². The fraction of sp³-hybridized carbons (Fsp3) is 0.545. The molecule has 0 aliphatic carbocycles. The number of nitrogens with zero attached hydrogens (tertiary/aromatic N) is 1. The maximum Gasteiger partial charge on any atom is 0.150 e. The molecule has 2 atom stereocenters. The van der Waals surface area contributed by atoms with Crippen molar-refractivity contribution in [2.75, 3.05) is 17.2 Å². The third-order valence-corrected chi connectivity index (χ3v) is 4.98. The molecule has 0 spiro atoms. The van der Waals surface area contributed by atoms with Crippen LogP contribution < -0.4 is 5.73 Å². The van der Waals surface area contributed by atoms with Crippen LogP contribution >= 0.6 is 0 Å². The Hall–Kier alpha value is -1.14. The van der Waals surface area contributed by atoms with Crippen molar-refractivity contribution >= 4 is 15.5 Å². The molecule has 0 amide bonds. The molecule has 2 rings (SSSR count). The largest absolute Gasteiger partial charge is 0.398 e. The number of aromatic nitrogens is 1. The van der Waals surface area contributed by atoms with Gasteiger partial charge in [0.15, 0.2) is 9.84 Å². The van der Waals surface area contributed by atoms with Gasteiger partial charge in [-0.15, -0.1) is 0 Å². The van der Waals surface area contributed by atoms with Crippen molar-refractivity contribution in [3.05, 3.63) is 24.0 Å². The average Bonchev–Trinajstić information content (AvgIpc) is 2.62. The zero-order chi connectivity index (χ0) is 12.5. The zero-order valence-electron chi connectivity index (χ0n) is 9.41. The lowest BCUT2D eigenvalue weighted by Crippen LogP contribution is -2.24. The quantitative estimate of drug-likeness (QED) is 0.794. The summed E-state index contributed by atoms with van der Waals surface area (Å²) < 4.78 is 22.6. The lowest BCUT2D eigenvalue weighted by molar-refractivity contribution is 0.120. The van der Waals surface area contributed by atoms with Crippen molar-refractivity contribution < 1.29 is 13.5 Å². The number of hydrogen-bond donors (Lipinski definition) is 2. The van der Waals surface area contributed by atoms with E-state index < -0.39 is 15.9 Å². The van der Waals surface area contributed by atoms with Gasteiger partial charge in [-0.25, -0.2) is 8.42 Å². The molecule has 0 radical (unpaired) electrons.